The molecular formula is C24H17ClO3S. The number of aromatic carboxylic acids is 1. The van der Waals surface area contributed by atoms with E-state index < -0.39 is 5.97 Å². The molecule has 0 aliphatic rings. The molecule has 1 aromatic heterocycles. The highest BCUT2D eigenvalue weighted by Gasteiger charge is 2.14. The van der Waals surface area contributed by atoms with Gasteiger partial charge in [-0.05, 0) is 69.4 Å². The van der Waals surface area contributed by atoms with Crippen LogP contribution in [-0.4, -0.2) is 11.1 Å². The van der Waals surface area contributed by atoms with Crippen LogP contribution in [-0.2, 0) is 6.61 Å². The third-order valence-corrected chi connectivity index (χ3v) is 5.52. The summed E-state index contributed by atoms with van der Waals surface area (Å²) < 4.78 is 6.10. The number of rotatable bonds is 6. The molecule has 0 spiro atoms. The fourth-order valence-electron chi connectivity index (χ4n) is 3.16. The molecule has 0 saturated heterocycles. The second-order valence-electron chi connectivity index (χ2n) is 6.49. The van der Waals surface area contributed by atoms with Gasteiger partial charge in [-0.15, -0.1) is 0 Å². The molecule has 3 aromatic carbocycles. The number of benzene rings is 3. The third kappa shape index (κ3) is 4.34. The van der Waals surface area contributed by atoms with E-state index in [9.17, 15) is 9.90 Å². The van der Waals surface area contributed by atoms with Crippen molar-refractivity contribution in [3.8, 4) is 28.0 Å². The smallest absolute Gasteiger partial charge is 0.335 e. The van der Waals surface area contributed by atoms with E-state index in [2.05, 4.69) is 5.38 Å². The van der Waals surface area contributed by atoms with Crippen LogP contribution in [0, 0.1) is 0 Å². The van der Waals surface area contributed by atoms with E-state index in [1.807, 2.05) is 60.0 Å². The molecule has 0 atom stereocenters. The summed E-state index contributed by atoms with van der Waals surface area (Å²) in [6, 6.07) is 22.4. The lowest BCUT2D eigenvalue weighted by atomic mass is 9.93. The van der Waals surface area contributed by atoms with Gasteiger partial charge in [-0.2, -0.15) is 11.3 Å². The molecule has 0 aliphatic carbocycles. The second kappa shape index (κ2) is 8.52. The van der Waals surface area contributed by atoms with Gasteiger partial charge in [0.1, 0.15) is 12.4 Å². The average Bonchev–Trinajstić information content (AvgIpc) is 3.26. The van der Waals surface area contributed by atoms with E-state index in [4.69, 9.17) is 16.3 Å². The van der Waals surface area contributed by atoms with Crippen molar-refractivity contribution < 1.29 is 14.6 Å². The van der Waals surface area contributed by atoms with E-state index in [-0.39, 0.29) is 5.56 Å². The Morgan fingerprint density at radius 2 is 1.76 bits per heavy atom. The zero-order chi connectivity index (χ0) is 20.2. The predicted octanol–water partition coefficient (Wildman–Crippen LogP) is 7.01. The summed E-state index contributed by atoms with van der Waals surface area (Å²) in [5.74, 6) is -0.227. The van der Waals surface area contributed by atoms with Gasteiger partial charge in [-0.3, -0.25) is 0 Å². The van der Waals surface area contributed by atoms with Crippen molar-refractivity contribution in [3.63, 3.8) is 0 Å². The van der Waals surface area contributed by atoms with Crippen molar-refractivity contribution in [1.29, 1.82) is 0 Å². The van der Waals surface area contributed by atoms with Crippen molar-refractivity contribution in [2.75, 3.05) is 0 Å². The average molecular weight is 421 g/mol. The molecule has 0 fully saturated rings. The molecular weight excluding hydrogens is 404 g/mol. The van der Waals surface area contributed by atoms with Crippen molar-refractivity contribution in [2.45, 2.75) is 6.61 Å². The van der Waals surface area contributed by atoms with Gasteiger partial charge in [0.2, 0.25) is 0 Å². The van der Waals surface area contributed by atoms with Gasteiger partial charge in [-0.1, -0.05) is 48.0 Å². The first-order valence-corrected chi connectivity index (χ1v) is 10.3. The van der Waals surface area contributed by atoms with Gasteiger partial charge in [0.15, 0.2) is 0 Å². The Balaban J connectivity index is 1.79. The van der Waals surface area contributed by atoms with Gasteiger partial charge in [0.25, 0.3) is 0 Å². The molecule has 0 amide bonds. The number of thiophene rings is 1. The fourth-order valence-corrected chi connectivity index (χ4v) is 3.99. The lowest BCUT2D eigenvalue weighted by Gasteiger charge is -2.15. The Morgan fingerprint density at radius 3 is 2.52 bits per heavy atom. The maximum Gasteiger partial charge on any atom is 0.335 e. The molecule has 0 bridgehead atoms. The Hall–Kier alpha value is -3.08. The first-order chi connectivity index (χ1) is 14.1. The van der Waals surface area contributed by atoms with Crippen molar-refractivity contribution >= 4 is 28.9 Å². The van der Waals surface area contributed by atoms with Crippen LogP contribution >= 0.6 is 22.9 Å². The topological polar surface area (TPSA) is 46.5 Å². The third-order valence-electron chi connectivity index (χ3n) is 4.55. The van der Waals surface area contributed by atoms with Crippen molar-refractivity contribution in [1.82, 2.24) is 0 Å². The first-order valence-electron chi connectivity index (χ1n) is 8.98. The second-order valence-corrected chi connectivity index (χ2v) is 7.71. The van der Waals surface area contributed by atoms with Gasteiger partial charge in [-0.25, -0.2) is 4.79 Å². The number of carbonyl (C=O) groups is 1. The highest BCUT2D eigenvalue weighted by molar-refractivity contribution is 7.07. The first kappa shape index (κ1) is 19.2. The Morgan fingerprint density at radius 1 is 0.931 bits per heavy atom. The molecule has 0 unspecified atom stereocenters. The van der Waals surface area contributed by atoms with Crippen LogP contribution in [0.1, 0.15) is 15.9 Å². The minimum Gasteiger partial charge on any atom is -0.488 e. The van der Waals surface area contributed by atoms with Crippen LogP contribution < -0.4 is 4.74 Å². The number of halogens is 1. The molecule has 5 heteroatoms. The number of carboxylic acids is 1. The van der Waals surface area contributed by atoms with Gasteiger partial charge in [0.05, 0.1) is 5.56 Å². The summed E-state index contributed by atoms with van der Waals surface area (Å²) in [6.45, 7) is 0.467. The Kier molecular flexibility index (Phi) is 5.65. The molecule has 1 N–H and O–H groups in total. The van der Waals surface area contributed by atoms with Crippen LogP contribution in [0.5, 0.6) is 5.75 Å². The maximum absolute atomic E-state index is 11.4. The lowest BCUT2D eigenvalue weighted by molar-refractivity contribution is 0.0697. The van der Waals surface area contributed by atoms with Gasteiger partial charge >= 0.3 is 5.97 Å². The van der Waals surface area contributed by atoms with Gasteiger partial charge < -0.3 is 9.84 Å². The molecule has 144 valence electrons. The van der Waals surface area contributed by atoms with Crippen LogP contribution in [0.25, 0.3) is 22.3 Å². The summed E-state index contributed by atoms with van der Waals surface area (Å²) in [5, 5.41) is 14.0. The van der Waals surface area contributed by atoms with Crippen LogP contribution in [0.4, 0.5) is 0 Å². The summed E-state index contributed by atoms with van der Waals surface area (Å²) in [7, 11) is 0. The summed E-state index contributed by atoms with van der Waals surface area (Å²) in [4.78, 5) is 11.4. The number of hydrogen-bond acceptors (Lipinski definition) is 3. The lowest BCUT2D eigenvalue weighted by Crippen LogP contribution is -1.98. The zero-order valence-electron chi connectivity index (χ0n) is 15.3. The molecule has 0 radical (unpaired) electrons. The van der Waals surface area contributed by atoms with Crippen LogP contribution in [0.2, 0.25) is 5.02 Å². The molecule has 1 heterocycles. The largest absolute Gasteiger partial charge is 0.488 e. The minimum atomic E-state index is -0.952. The van der Waals surface area contributed by atoms with Crippen LogP contribution in [0.3, 0.4) is 0 Å². The summed E-state index contributed by atoms with van der Waals surface area (Å²) in [5.41, 5.74) is 4.89. The van der Waals surface area contributed by atoms with E-state index in [1.165, 1.54) is 0 Å². The minimum absolute atomic E-state index is 0.248. The van der Waals surface area contributed by atoms with E-state index in [1.54, 1.807) is 29.5 Å². The molecule has 3 nitrogen and oxygen atoms in total. The standard InChI is InChI=1S/C24H17ClO3S/c25-19-8-9-23(28-14-16-10-11-29-15-16)22(13-19)21-7-2-1-6-20(21)17-4-3-5-18(12-17)24(26)27/h1-13,15H,14H2,(H,26,27). The quantitative estimate of drug-likeness (QED) is 0.364. The van der Waals surface area contributed by atoms with Crippen LogP contribution in [0.15, 0.2) is 83.6 Å². The molecule has 4 aromatic rings. The summed E-state index contributed by atoms with van der Waals surface area (Å²) >= 11 is 7.93. The zero-order valence-corrected chi connectivity index (χ0v) is 16.9. The molecule has 4 rings (SSSR count). The fraction of sp³-hybridized carbons (Fsp3) is 0.0417. The Labute approximate surface area is 177 Å². The Bertz CT molecular complexity index is 1150. The van der Waals surface area contributed by atoms with Crippen molar-refractivity contribution in [3.05, 3.63) is 99.7 Å². The normalized spacial score (nSPS) is 10.7. The number of ether oxygens (including phenoxy) is 1. The highest BCUT2D eigenvalue weighted by Crippen LogP contribution is 2.39. The van der Waals surface area contributed by atoms with E-state index in [0.717, 1.165) is 33.6 Å². The SMILES string of the molecule is O=C(O)c1cccc(-c2ccccc2-c2cc(Cl)ccc2OCc2ccsc2)c1. The predicted molar refractivity (Wildman–Crippen MR) is 118 cm³/mol. The van der Waals surface area contributed by atoms with E-state index in [0.29, 0.717) is 11.6 Å². The monoisotopic (exact) mass is 420 g/mol. The van der Waals surface area contributed by atoms with Gasteiger partial charge in [0, 0.05) is 10.6 Å². The van der Waals surface area contributed by atoms with Crippen molar-refractivity contribution in [2.24, 2.45) is 0 Å². The van der Waals surface area contributed by atoms with E-state index >= 15 is 0 Å². The summed E-state index contributed by atoms with van der Waals surface area (Å²) in [6.07, 6.45) is 0. The maximum atomic E-state index is 11.4. The number of carboxylic acid groups (broad SMARTS) is 1. The highest BCUT2D eigenvalue weighted by atomic mass is 35.5. The molecule has 0 saturated carbocycles. The molecule has 29 heavy (non-hydrogen) atoms. The molecule has 0 aliphatic heterocycles. The number of hydrogen-bond donors (Lipinski definition) is 1.